The first-order chi connectivity index (χ1) is 9.19. The van der Waals surface area contributed by atoms with Gasteiger partial charge in [-0.25, -0.2) is 9.59 Å². The van der Waals surface area contributed by atoms with Gasteiger partial charge >= 0.3 is 12.0 Å². The van der Waals surface area contributed by atoms with Crippen LogP contribution < -0.4 is 5.32 Å². The number of hydrogen-bond donors (Lipinski definition) is 3. The Morgan fingerprint density at radius 3 is 2.50 bits per heavy atom. The van der Waals surface area contributed by atoms with Crippen molar-refractivity contribution < 1.29 is 19.8 Å². The third-order valence-electron chi connectivity index (χ3n) is 3.05. The average Bonchev–Trinajstić information content (AvgIpc) is 2.39. The molecule has 0 spiro atoms. The number of anilines is 1. The number of urea groups is 1. The van der Waals surface area contributed by atoms with Crippen molar-refractivity contribution in [2.24, 2.45) is 0 Å². The Hall–Kier alpha value is -1.60. The number of aliphatic hydroxyl groups excluding tert-OH is 1. The standard InChI is InChI=1S/C13H17BrN2O4/c1-13(2,7-17)16(3)12(20)15-10-6-8(11(18)19)4-5-9(10)14/h4-6,17H,7H2,1-3H3,(H,15,20)(H,18,19). The fraction of sp³-hybridized carbons (Fsp3) is 0.385. The quantitative estimate of drug-likeness (QED) is 0.782. The summed E-state index contributed by atoms with van der Waals surface area (Å²) in [4.78, 5) is 24.4. The van der Waals surface area contributed by atoms with Crippen molar-refractivity contribution >= 4 is 33.6 Å². The summed E-state index contributed by atoms with van der Waals surface area (Å²) in [6.07, 6.45) is 0. The van der Waals surface area contributed by atoms with E-state index in [1.165, 1.54) is 17.0 Å². The van der Waals surface area contributed by atoms with E-state index in [9.17, 15) is 14.7 Å². The maximum Gasteiger partial charge on any atom is 0.335 e. The number of aromatic carboxylic acids is 1. The van der Waals surface area contributed by atoms with Crippen LogP contribution in [0.3, 0.4) is 0 Å². The number of hydrogen-bond acceptors (Lipinski definition) is 3. The molecule has 0 aliphatic heterocycles. The van der Waals surface area contributed by atoms with E-state index in [2.05, 4.69) is 21.2 Å². The van der Waals surface area contributed by atoms with Gasteiger partial charge in [-0.15, -0.1) is 0 Å². The molecule has 0 bridgehead atoms. The van der Waals surface area contributed by atoms with Gasteiger partial charge in [-0.1, -0.05) is 0 Å². The number of nitrogens with one attached hydrogen (secondary N) is 1. The van der Waals surface area contributed by atoms with Gasteiger partial charge in [-0.3, -0.25) is 0 Å². The normalized spacial score (nSPS) is 11.1. The molecule has 2 amide bonds. The van der Waals surface area contributed by atoms with Crippen LogP contribution in [0.1, 0.15) is 24.2 Å². The number of nitrogens with zero attached hydrogens (tertiary/aromatic N) is 1. The molecule has 0 aliphatic carbocycles. The monoisotopic (exact) mass is 344 g/mol. The molecule has 0 aromatic heterocycles. The van der Waals surface area contributed by atoms with Crippen LogP contribution in [0.5, 0.6) is 0 Å². The van der Waals surface area contributed by atoms with Crippen LogP contribution >= 0.6 is 15.9 Å². The molecule has 0 radical (unpaired) electrons. The number of halogens is 1. The molecule has 0 heterocycles. The third-order valence-corrected chi connectivity index (χ3v) is 3.75. The maximum atomic E-state index is 12.1. The Morgan fingerprint density at radius 2 is 2.00 bits per heavy atom. The first-order valence-corrected chi connectivity index (χ1v) is 6.67. The summed E-state index contributed by atoms with van der Waals surface area (Å²) < 4.78 is 0.575. The van der Waals surface area contributed by atoms with Crippen molar-refractivity contribution in [3.05, 3.63) is 28.2 Å². The topological polar surface area (TPSA) is 89.9 Å². The van der Waals surface area contributed by atoms with Crippen LogP contribution in [-0.2, 0) is 0 Å². The van der Waals surface area contributed by atoms with Crippen molar-refractivity contribution in [2.75, 3.05) is 19.0 Å². The smallest absolute Gasteiger partial charge is 0.335 e. The minimum Gasteiger partial charge on any atom is -0.478 e. The summed E-state index contributed by atoms with van der Waals surface area (Å²) in [6, 6.07) is 3.91. The highest BCUT2D eigenvalue weighted by atomic mass is 79.9. The number of likely N-dealkylation sites (N-methyl/N-ethyl adjacent to an activating group) is 1. The lowest BCUT2D eigenvalue weighted by Crippen LogP contribution is -2.49. The molecule has 0 atom stereocenters. The number of carbonyl (C=O) groups is 2. The Balaban J connectivity index is 2.96. The number of carboxylic acid groups (broad SMARTS) is 1. The highest BCUT2D eigenvalue weighted by Crippen LogP contribution is 2.24. The summed E-state index contributed by atoms with van der Waals surface area (Å²) in [5.74, 6) is -1.07. The fourth-order valence-corrected chi connectivity index (χ4v) is 1.68. The molecular formula is C13H17BrN2O4. The Bertz CT molecular complexity index is 531. The zero-order chi connectivity index (χ0) is 15.5. The van der Waals surface area contributed by atoms with Crippen molar-refractivity contribution in [3.8, 4) is 0 Å². The Morgan fingerprint density at radius 1 is 1.40 bits per heavy atom. The van der Waals surface area contributed by atoms with E-state index < -0.39 is 17.5 Å². The zero-order valence-electron chi connectivity index (χ0n) is 11.5. The van der Waals surface area contributed by atoms with Crippen LogP contribution in [0.2, 0.25) is 0 Å². The lowest BCUT2D eigenvalue weighted by atomic mass is 10.1. The summed E-state index contributed by atoms with van der Waals surface area (Å²) >= 11 is 3.25. The third kappa shape index (κ3) is 3.71. The summed E-state index contributed by atoms with van der Waals surface area (Å²) in [5, 5.41) is 20.8. The molecule has 3 N–H and O–H groups in total. The predicted octanol–water partition coefficient (Wildman–Crippen LogP) is 2.38. The Kier molecular flexibility index (Phi) is 5.13. The predicted molar refractivity (Wildman–Crippen MR) is 79.0 cm³/mol. The largest absolute Gasteiger partial charge is 0.478 e. The van der Waals surface area contributed by atoms with Crippen LogP contribution in [0.15, 0.2) is 22.7 Å². The minimum absolute atomic E-state index is 0.0765. The van der Waals surface area contributed by atoms with Gasteiger partial charge in [0.2, 0.25) is 0 Å². The first kappa shape index (κ1) is 16.5. The number of rotatable bonds is 4. The highest BCUT2D eigenvalue weighted by molar-refractivity contribution is 9.10. The summed E-state index contributed by atoms with van der Waals surface area (Å²) in [6.45, 7) is 3.25. The molecule has 0 saturated heterocycles. The Labute approximate surface area is 125 Å². The van der Waals surface area contributed by atoms with E-state index in [4.69, 9.17) is 5.11 Å². The van der Waals surface area contributed by atoms with E-state index in [-0.39, 0.29) is 12.2 Å². The first-order valence-electron chi connectivity index (χ1n) is 5.87. The van der Waals surface area contributed by atoms with Gasteiger partial charge < -0.3 is 20.4 Å². The fourth-order valence-electron chi connectivity index (χ4n) is 1.33. The lowest BCUT2D eigenvalue weighted by molar-refractivity contribution is 0.0696. The number of amides is 2. The van der Waals surface area contributed by atoms with Crippen molar-refractivity contribution in [2.45, 2.75) is 19.4 Å². The van der Waals surface area contributed by atoms with Gasteiger partial charge in [0.1, 0.15) is 0 Å². The van der Waals surface area contributed by atoms with Gasteiger partial charge in [0, 0.05) is 11.5 Å². The molecular weight excluding hydrogens is 328 g/mol. The number of benzene rings is 1. The number of carbonyl (C=O) groups excluding carboxylic acids is 1. The minimum atomic E-state index is -1.07. The van der Waals surface area contributed by atoms with Gasteiger partial charge in [0.25, 0.3) is 0 Å². The van der Waals surface area contributed by atoms with Crippen LogP contribution in [-0.4, -0.2) is 46.3 Å². The molecule has 1 aromatic rings. The molecule has 1 aromatic carbocycles. The highest BCUT2D eigenvalue weighted by Gasteiger charge is 2.27. The van der Waals surface area contributed by atoms with Crippen molar-refractivity contribution in [1.29, 1.82) is 0 Å². The molecule has 6 nitrogen and oxygen atoms in total. The van der Waals surface area contributed by atoms with Crippen LogP contribution in [0.4, 0.5) is 10.5 Å². The molecule has 20 heavy (non-hydrogen) atoms. The lowest BCUT2D eigenvalue weighted by Gasteiger charge is -2.33. The molecule has 110 valence electrons. The maximum absolute atomic E-state index is 12.1. The zero-order valence-corrected chi connectivity index (χ0v) is 13.1. The summed E-state index contributed by atoms with van der Waals surface area (Å²) in [5.41, 5.74) is -0.288. The second-order valence-electron chi connectivity index (χ2n) is 4.96. The van der Waals surface area contributed by atoms with Gasteiger partial charge in [-0.2, -0.15) is 0 Å². The summed E-state index contributed by atoms with van der Waals surface area (Å²) in [7, 11) is 1.56. The average molecular weight is 345 g/mol. The molecule has 0 saturated carbocycles. The van der Waals surface area contributed by atoms with E-state index in [0.717, 1.165) is 0 Å². The molecule has 7 heteroatoms. The molecule has 0 unspecified atom stereocenters. The number of carboxylic acids is 1. The van der Waals surface area contributed by atoms with E-state index in [1.807, 2.05) is 0 Å². The van der Waals surface area contributed by atoms with Crippen LogP contribution in [0.25, 0.3) is 0 Å². The SMILES string of the molecule is CN(C(=O)Nc1cc(C(=O)O)ccc1Br)C(C)(C)CO. The van der Waals surface area contributed by atoms with Crippen molar-refractivity contribution in [3.63, 3.8) is 0 Å². The number of aliphatic hydroxyl groups is 1. The van der Waals surface area contributed by atoms with Crippen LogP contribution in [0, 0.1) is 0 Å². The van der Waals surface area contributed by atoms with Gasteiger partial charge in [-0.05, 0) is 48.0 Å². The molecule has 0 fully saturated rings. The van der Waals surface area contributed by atoms with E-state index >= 15 is 0 Å². The second kappa shape index (κ2) is 6.23. The second-order valence-corrected chi connectivity index (χ2v) is 5.81. The molecule has 1 rings (SSSR count). The van der Waals surface area contributed by atoms with E-state index in [0.29, 0.717) is 10.2 Å². The van der Waals surface area contributed by atoms with E-state index in [1.54, 1.807) is 27.0 Å². The molecule has 0 aliphatic rings. The van der Waals surface area contributed by atoms with Crippen molar-refractivity contribution in [1.82, 2.24) is 4.90 Å². The van der Waals surface area contributed by atoms with Gasteiger partial charge in [0.05, 0.1) is 23.4 Å². The van der Waals surface area contributed by atoms with Gasteiger partial charge in [0.15, 0.2) is 0 Å².